The highest BCUT2D eigenvalue weighted by molar-refractivity contribution is 6.04. The second kappa shape index (κ2) is 9.34. The van der Waals surface area contributed by atoms with Crippen molar-refractivity contribution in [3.8, 4) is 0 Å². The monoisotopic (exact) mass is 438 g/mol. The summed E-state index contributed by atoms with van der Waals surface area (Å²) >= 11 is 0. The Balaban J connectivity index is 2.16. The van der Waals surface area contributed by atoms with Crippen molar-refractivity contribution in [1.82, 2.24) is 5.32 Å². The molecule has 0 bridgehead atoms. The third kappa shape index (κ3) is 4.18. The third-order valence-corrected chi connectivity index (χ3v) is 5.03. The van der Waals surface area contributed by atoms with Crippen LogP contribution in [0.4, 0.5) is 10.5 Å². The van der Waals surface area contributed by atoms with Crippen LogP contribution in [0.1, 0.15) is 46.2 Å². The summed E-state index contributed by atoms with van der Waals surface area (Å²) < 4.78 is 10.1. The fourth-order valence-corrected chi connectivity index (χ4v) is 3.56. The number of carbonyl (C=O) groups is 4. The summed E-state index contributed by atoms with van der Waals surface area (Å²) in [4.78, 5) is 50.7. The molecule has 9 heteroatoms. The number of nitrogens with one attached hydrogen (secondary N) is 1. The molecule has 0 fully saturated rings. The molecule has 0 aliphatic carbocycles. The Morgan fingerprint density at radius 1 is 1.06 bits per heavy atom. The van der Waals surface area contributed by atoms with Crippen LogP contribution in [0.2, 0.25) is 0 Å². The van der Waals surface area contributed by atoms with E-state index in [0.29, 0.717) is 16.9 Å². The van der Waals surface area contributed by atoms with E-state index in [9.17, 15) is 19.2 Å². The number of carbonyl (C=O) groups excluding carboxylic acids is 3. The summed E-state index contributed by atoms with van der Waals surface area (Å²) in [7, 11) is 1.24. The molecule has 0 aromatic heterocycles. The molecule has 32 heavy (non-hydrogen) atoms. The summed E-state index contributed by atoms with van der Waals surface area (Å²) in [5, 5.41) is 11.9. The van der Waals surface area contributed by atoms with Gasteiger partial charge >= 0.3 is 23.9 Å². The van der Waals surface area contributed by atoms with Crippen LogP contribution in [0, 0.1) is 0 Å². The Kier molecular flexibility index (Phi) is 6.58. The SMILES string of the molecule is CCOC(=O)C1=C(C)N(c2ccc(C(=O)O)cc2)C(=O)NC1c1ccccc1C(=O)OC. The van der Waals surface area contributed by atoms with Crippen molar-refractivity contribution in [3.63, 3.8) is 0 Å². The first-order valence-electron chi connectivity index (χ1n) is 9.79. The highest BCUT2D eigenvalue weighted by atomic mass is 16.5. The maximum atomic E-state index is 13.1. The van der Waals surface area contributed by atoms with Gasteiger partial charge in [0, 0.05) is 5.70 Å². The lowest BCUT2D eigenvalue weighted by Gasteiger charge is -2.35. The number of urea groups is 1. The van der Waals surface area contributed by atoms with E-state index in [-0.39, 0.29) is 23.3 Å². The summed E-state index contributed by atoms with van der Waals surface area (Å²) in [6.45, 7) is 3.36. The van der Waals surface area contributed by atoms with Gasteiger partial charge < -0.3 is 19.9 Å². The van der Waals surface area contributed by atoms with E-state index < -0.39 is 30.0 Å². The first-order valence-corrected chi connectivity index (χ1v) is 9.79. The number of carboxylic acids is 1. The predicted octanol–water partition coefficient (Wildman–Crippen LogP) is 3.28. The zero-order chi connectivity index (χ0) is 23.4. The standard InChI is InChI=1S/C23H22N2O7/c1-4-32-22(29)18-13(2)25(15-11-9-14(10-12-15)20(26)27)23(30)24-19(18)16-7-5-6-8-17(16)21(28)31-3/h5-12,19H,4H2,1-3H3,(H,24,30)(H,26,27). The number of hydrogen-bond acceptors (Lipinski definition) is 6. The molecule has 2 N–H and O–H groups in total. The molecule has 2 amide bonds. The van der Waals surface area contributed by atoms with E-state index in [4.69, 9.17) is 14.6 Å². The average molecular weight is 438 g/mol. The Hall–Kier alpha value is -4.14. The minimum Gasteiger partial charge on any atom is -0.478 e. The zero-order valence-electron chi connectivity index (χ0n) is 17.7. The first-order chi connectivity index (χ1) is 15.3. The maximum absolute atomic E-state index is 13.1. The summed E-state index contributed by atoms with van der Waals surface area (Å²) in [5.74, 6) is -2.36. The molecule has 2 aromatic rings. The van der Waals surface area contributed by atoms with Crippen LogP contribution in [0.3, 0.4) is 0 Å². The van der Waals surface area contributed by atoms with Gasteiger partial charge in [-0.1, -0.05) is 18.2 Å². The third-order valence-electron chi connectivity index (χ3n) is 5.03. The number of anilines is 1. The Morgan fingerprint density at radius 2 is 1.72 bits per heavy atom. The number of allylic oxidation sites excluding steroid dienone is 1. The fraction of sp³-hybridized carbons (Fsp3) is 0.217. The van der Waals surface area contributed by atoms with Crippen molar-refractivity contribution in [1.29, 1.82) is 0 Å². The quantitative estimate of drug-likeness (QED) is 0.664. The Labute approximate surface area is 184 Å². The molecule has 0 saturated heterocycles. The smallest absolute Gasteiger partial charge is 0.338 e. The molecule has 0 spiro atoms. The van der Waals surface area contributed by atoms with Gasteiger partial charge in [-0.05, 0) is 49.7 Å². The van der Waals surface area contributed by atoms with Gasteiger partial charge in [-0.2, -0.15) is 0 Å². The largest absolute Gasteiger partial charge is 0.478 e. The topological polar surface area (TPSA) is 122 Å². The molecule has 1 atom stereocenters. The van der Waals surface area contributed by atoms with Crippen molar-refractivity contribution < 1.29 is 33.8 Å². The number of methoxy groups -OCH3 is 1. The van der Waals surface area contributed by atoms with Crippen LogP contribution in [-0.4, -0.2) is 42.8 Å². The molecule has 0 saturated carbocycles. The Morgan fingerprint density at radius 3 is 2.31 bits per heavy atom. The maximum Gasteiger partial charge on any atom is 0.338 e. The number of aromatic carboxylic acids is 1. The van der Waals surface area contributed by atoms with Crippen LogP contribution < -0.4 is 10.2 Å². The molecule has 1 heterocycles. The van der Waals surface area contributed by atoms with E-state index in [1.54, 1.807) is 38.1 Å². The normalized spacial score (nSPS) is 15.8. The number of rotatable bonds is 6. The second-order valence-electron chi connectivity index (χ2n) is 6.87. The molecule has 9 nitrogen and oxygen atoms in total. The van der Waals surface area contributed by atoms with E-state index in [1.165, 1.54) is 36.3 Å². The summed E-state index contributed by atoms with van der Waals surface area (Å²) in [6.07, 6.45) is 0. The predicted molar refractivity (Wildman–Crippen MR) is 114 cm³/mol. The lowest BCUT2D eigenvalue weighted by molar-refractivity contribution is -0.139. The van der Waals surface area contributed by atoms with Crippen LogP contribution >= 0.6 is 0 Å². The number of nitrogens with zero attached hydrogens (tertiary/aromatic N) is 1. The van der Waals surface area contributed by atoms with Gasteiger partial charge in [-0.3, -0.25) is 4.90 Å². The molecule has 2 aromatic carbocycles. The van der Waals surface area contributed by atoms with Crippen molar-refractivity contribution in [2.45, 2.75) is 19.9 Å². The van der Waals surface area contributed by atoms with E-state index >= 15 is 0 Å². The zero-order valence-corrected chi connectivity index (χ0v) is 17.7. The molecule has 1 aliphatic heterocycles. The van der Waals surface area contributed by atoms with Crippen LogP contribution in [0.5, 0.6) is 0 Å². The number of ether oxygens (including phenoxy) is 2. The highest BCUT2D eigenvalue weighted by Crippen LogP contribution is 2.35. The molecule has 1 unspecified atom stereocenters. The van der Waals surface area contributed by atoms with Gasteiger partial charge in [0.25, 0.3) is 0 Å². The van der Waals surface area contributed by atoms with Gasteiger partial charge in [-0.15, -0.1) is 0 Å². The molecular formula is C23H22N2O7. The van der Waals surface area contributed by atoms with Crippen LogP contribution in [0.25, 0.3) is 0 Å². The lowest BCUT2D eigenvalue weighted by atomic mass is 9.91. The molecular weight excluding hydrogens is 416 g/mol. The van der Waals surface area contributed by atoms with Gasteiger partial charge in [0.2, 0.25) is 0 Å². The minimum absolute atomic E-state index is 0.0586. The minimum atomic E-state index is -1.10. The molecule has 0 radical (unpaired) electrons. The second-order valence-corrected chi connectivity index (χ2v) is 6.87. The van der Waals surface area contributed by atoms with E-state index in [1.807, 2.05) is 0 Å². The molecule has 1 aliphatic rings. The first kappa shape index (κ1) is 22.5. The van der Waals surface area contributed by atoms with Crippen molar-refractivity contribution in [2.75, 3.05) is 18.6 Å². The van der Waals surface area contributed by atoms with Gasteiger partial charge in [0.15, 0.2) is 0 Å². The van der Waals surface area contributed by atoms with Crippen molar-refractivity contribution in [2.24, 2.45) is 0 Å². The van der Waals surface area contributed by atoms with Crippen molar-refractivity contribution in [3.05, 3.63) is 76.5 Å². The number of carboxylic acid groups (broad SMARTS) is 1. The number of benzene rings is 2. The van der Waals surface area contributed by atoms with Crippen molar-refractivity contribution >= 4 is 29.6 Å². The van der Waals surface area contributed by atoms with Crippen LogP contribution in [-0.2, 0) is 14.3 Å². The fourth-order valence-electron chi connectivity index (χ4n) is 3.56. The molecule has 166 valence electrons. The number of amides is 2. The lowest BCUT2D eigenvalue weighted by Crippen LogP contribution is -2.48. The highest BCUT2D eigenvalue weighted by Gasteiger charge is 2.38. The molecule has 3 rings (SSSR count). The summed E-state index contributed by atoms with van der Waals surface area (Å²) in [6, 6.07) is 10.7. The average Bonchev–Trinajstić information content (AvgIpc) is 2.78. The number of esters is 2. The van der Waals surface area contributed by atoms with E-state index in [0.717, 1.165) is 0 Å². The van der Waals surface area contributed by atoms with Gasteiger partial charge in [0.05, 0.1) is 42.1 Å². The number of hydrogen-bond donors (Lipinski definition) is 2. The van der Waals surface area contributed by atoms with Crippen LogP contribution in [0.15, 0.2) is 59.8 Å². The Bertz CT molecular complexity index is 1110. The van der Waals surface area contributed by atoms with Gasteiger partial charge in [-0.25, -0.2) is 19.2 Å². The van der Waals surface area contributed by atoms with Gasteiger partial charge in [0.1, 0.15) is 0 Å². The summed E-state index contributed by atoms with van der Waals surface area (Å²) in [5.41, 5.74) is 1.45. The van der Waals surface area contributed by atoms with E-state index in [2.05, 4.69) is 5.32 Å².